The van der Waals surface area contributed by atoms with E-state index < -0.39 is 10.8 Å². The number of rotatable bonds is 6. The van der Waals surface area contributed by atoms with Crippen molar-refractivity contribution in [3.8, 4) is 5.69 Å². The van der Waals surface area contributed by atoms with E-state index >= 15 is 0 Å². The summed E-state index contributed by atoms with van der Waals surface area (Å²) >= 11 is 0. The first kappa shape index (κ1) is 15.5. The largest absolute Gasteiger partial charge is 0.381 e. The number of nitrogens with zero attached hydrogens (tertiary/aromatic N) is 2. The third-order valence-electron chi connectivity index (χ3n) is 3.53. The normalized spacial score (nSPS) is 12.0. The van der Waals surface area contributed by atoms with E-state index in [9.17, 15) is 4.21 Å². The van der Waals surface area contributed by atoms with Gasteiger partial charge in [-0.25, -0.2) is 4.98 Å². The molecule has 118 valence electrons. The van der Waals surface area contributed by atoms with Crippen LogP contribution in [0.1, 0.15) is 11.1 Å². The van der Waals surface area contributed by atoms with Crippen LogP contribution >= 0.6 is 0 Å². The maximum Gasteiger partial charge on any atom is 0.0991 e. The molecule has 0 amide bonds. The highest BCUT2D eigenvalue weighted by molar-refractivity contribution is 7.83. The predicted octanol–water partition coefficient (Wildman–Crippen LogP) is 3.36. The Kier molecular flexibility index (Phi) is 4.88. The summed E-state index contributed by atoms with van der Waals surface area (Å²) in [5.41, 5.74) is 4.44. The van der Waals surface area contributed by atoms with Crippen LogP contribution in [-0.2, 0) is 23.1 Å². The minimum Gasteiger partial charge on any atom is -0.381 e. The van der Waals surface area contributed by atoms with Crippen molar-refractivity contribution in [3.63, 3.8) is 0 Å². The lowest BCUT2D eigenvalue weighted by Crippen LogP contribution is -2.01. The van der Waals surface area contributed by atoms with Crippen LogP contribution in [0.2, 0.25) is 0 Å². The van der Waals surface area contributed by atoms with Crippen molar-refractivity contribution in [2.75, 3.05) is 11.6 Å². The molecule has 0 aliphatic carbocycles. The zero-order valence-corrected chi connectivity index (χ0v) is 13.8. The fourth-order valence-corrected chi connectivity index (χ4v) is 3.06. The smallest absolute Gasteiger partial charge is 0.0991 e. The zero-order chi connectivity index (χ0) is 16.1. The number of aromatic nitrogens is 2. The summed E-state index contributed by atoms with van der Waals surface area (Å²) in [6.07, 6.45) is 7.21. The number of hydrogen-bond donors (Lipinski definition) is 1. The van der Waals surface area contributed by atoms with Gasteiger partial charge in [-0.05, 0) is 35.4 Å². The fraction of sp³-hybridized carbons (Fsp3) is 0.167. The van der Waals surface area contributed by atoms with Gasteiger partial charge in [0.15, 0.2) is 0 Å². The Labute approximate surface area is 138 Å². The van der Waals surface area contributed by atoms with Crippen LogP contribution in [0.4, 0.5) is 5.69 Å². The topological polar surface area (TPSA) is 46.9 Å². The van der Waals surface area contributed by atoms with Crippen LogP contribution in [0.5, 0.6) is 0 Å². The predicted molar refractivity (Wildman–Crippen MR) is 95.1 cm³/mol. The van der Waals surface area contributed by atoms with Crippen LogP contribution in [0.25, 0.3) is 5.69 Å². The van der Waals surface area contributed by atoms with E-state index in [1.54, 1.807) is 18.8 Å². The molecule has 0 saturated heterocycles. The molecule has 3 rings (SSSR count). The highest BCUT2D eigenvalue weighted by Gasteiger charge is 2.00. The third-order valence-corrected chi connectivity index (χ3v) is 4.27. The van der Waals surface area contributed by atoms with Gasteiger partial charge >= 0.3 is 0 Å². The molecule has 1 N–H and O–H groups in total. The van der Waals surface area contributed by atoms with Gasteiger partial charge in [0, 0.05) is 53.1 Å². The first-order valence-corrected chi connectivity index (χ1v) is 9.13. The van der Waals surface area contributed by atoms with Gasteiger partial charge in [-0.1, -0.05) is 24.3 Å². The maximum atomic E-state index is 11.3. The number of hydrogen-bond acceptors (Lipinski definition) is 3. The van der Waals surface area contributed by atoms with Gasteiger partial charge in [0.05, 0.1) is 6.33 Å². The molecule has 0 unspecified atom stereocenters. The highest BCUT2D eigenvalue weighted by Crippen LogP contribution is 2.15. The minimum absolute atomic E-state index is 0.592. The average molecular weight is 325 g/mol. The van der Waals surface area contributed by atoms with Crippen molar-refractivity contribution in [3.05, 3.63) is 78.4 Å². The SMILES string of the molecule is C[S@@](=O)Cc1cccc(NCc2ccc(-n3ccnc3)cc2)c1. The van der Waals surface area contributed by atoms with Crippen molar-refractivity contribution in [1.82, 2.24) is 9.55 Å². The summed E-state index contributed by atoms with van der Waals surface area (Å²) in [7, 11) is -0.817. The molecule has 0 spiro atoms. The first-order valence-electron chi connectivity index (χ1n) is 7.41. The molecule has 0 aliphatic heterocycles. The minimum atomic E-state index is -0.817. The fourth-order valence-electron chi connectivity index (χ4n) is 2.41. The summed E-state index contributed by atoms with van der Waals surface area (Å²) in [6.45, 7) is 0.753. The molecule has 3 aromatic rings. The van der Waals surface area contributed by atoms with Crippen molar-refractivity contribution < 1.29 is 4.21 Å². The average Bonchev–Trinajstić information content (AvgIpc) is 3.08. The van der Waals surface area contributed by atoms with E-state index in [0.29, 0.717) is 5.75 Å². The lowest BCUT2D eigenvalue weighted by atomic mass is 10.2. The van der Waals surface area contributed by atoms with Gasteiger partial charge in [-0.2, -0.15) is 0 Å². The number of benzene rings is 2. The quantitative estimate of drug-likeness (QED) is 0.756. The van der Waals surface area contributed by atoms with Crippen molar-refractivity contribution in [1.29, 1.82) is 0 Å². The van der Waals surface area contributed by atoms with Crippen LogP contribution in [-0.4, -0.2) is 20.0 Å². The summed E-state index contributed by atoms with van der Waals surface area (Å²) in [4.78, 5) is 4.05. The molecular weight excluding hydrogens is 306 g/mol. The summed E-state index contributed by atoms with van der Waals surface area (Å²) in [5.74, 6) is 0.592. The highest BCUT2D eigenvalue weighted by atomic mass is 32.2. The lowest BCUT2D eigenvalue weighted by Gasteiger charge is -2.09. The van der Waals surface area contributed by atoms with Crippen LogP contribution < -0.4 is 5.32 Å². The maximum absolute atomic E-state index is 11.3. The number of anilines is 1. The van der Waals surface area contributed by atoms with Gasteiger partial charge in [-0.3, -0.25) is 4.21 Å². The third kappa shape index (κ3) is 4.29. The lowest BCUT2D eigenvalue weighted by molar-refractivity contribution is 0.686. The van der Waals surface area contributed by atoms with E-state index in [4.69, 9.17) is 0 Å². The van der Waals surface area contributed by atoms with Crippen LogP contribution in [0.15, 0.2) is 67.3 Å². The van der Waals surface area contributed by atoms with Crippen molar-refractivity contribution in [2.24, 2.45) is 0 Å². The van der Waals surface area contributed by atoms with Gasteiger partial charge in [0.2, 0.25) is 0 Å². The molecule has 0 bridgehead atoms. The standard InChI is InChI=1S/C18H19N3OS/c1-23(22)13-16-3-2-4-17(11-16)20-12-15-5-7-18(8-6-15)21-10-9-19-14-21/h2-11,14,20H,12-13H2,1H3/t23-/m1/s1. The molecule has 0 aliphatic rings. The molecule has 5 heteroatoms. The molecule has 1 aromatic heterocycles. The van der Waals surface area contributed by atoms with Gasteiger partial charge in [0.1, 0.15) is 0 Å². The van der Waals surface area contributed by atoms with E-state index in [1.165, 1.54) is 5.56 Å². The van der Waals surface area contributed by atoms with Crippen molar-refractivity contribution in [2.45, 2.75) is 12.3 Å². The van der Waals surface area contributed by atoms with Gasteiger partial charge < -0.3 is 9.88 Å². The molecule has 2 aromatic carbocycles. The van der Waals surface area contributed by atoms with Gasteiger partial charge in [-0.15, -0.1) is 0 Å². The molecule has 23 heavy (non-hydrogen) atoms. The molecule has 0 fully saturated rings. The Hall–Kier alpha value is -2.40. The molecule has 1 atom stereocenters. The summed E-state index contributed by atoms with van der Waals surface area (Å²) in [6, 6.07) is 16.5. The Balaban J connectivity index is 1.63. The second-order valence-electron chi connectivity index (χ2n) is 5.41. The number of imidazole rings is 1. The first-order chi connectivity index (χ1) is 11.2. The summed E-state index contributed by atoms with van der Waals surface area (Å²) in [5, 5.41) is 3.41. The Morgan fingerprint density at radius 1 is 1.13 bits per heavy atom. The number of nitrogens with one attached hydrogen (secondary N) is 1. The van der Waals surface area contributed by atoms with E-state index in [1.807, 2.05) is 29.0 Å². The molecule has 1 heterocycles. The van der Waals surface area contributed by atoms with Crippen LogP contribution in [0, 0.1) is 0 Å². The van der Waals surface area contributed by atoms with Crippen molar-refractivity contribution >= 4 is 16.5 Å². The second kappa shape index (κ2) is 7.24. The molecule has 4 nitrogen and oxygen atoms in total. The van der Waals surface area contributed by atoms with E-state index in [0.717, 1.165) is 23.5 Å². The Morgan fingerprint density at radius 2 is 1.96 bits per heavy atom. The summed E-state index contributed by atoms with van der Waals surface area (Å²) < 4.78 is 13.3. The molecule has 0 saturated carbocycles. The zero-order valence-electron chi connectivity index (χ0n) is 13.0. The van der Waals surface area contributed by atoms with E-state index in [2.05, 4.69) is 40.6 Å². The molecular formula is C18H19N3OS. The molecule has 0 radical (unpaired) electrons. The monoisotopic (exact) mass is 325 g/mol. The Morgan fingerprint density at radius 3 is 2.65 bits per heavy atom. The second-order valence-corrected chi connectivity index (χ2v) is 6.84. The van der Waals surface area contributed by atoms with Crippen LogP contribution in [0.3, 0.4) is 0 Å². The van der Waals surface area contributed by atoms with E-state index in [-0.39, 0.29) is 0 Å². The Bertz CT molecular complexity index is 782. The van der Waals surface area contributed by atoms with Gasteiger partial charge in [0.25, 0.3) is 0 Å².